The van der Waals surface area contributed by atoms with Crippen molar-refractivity contribution in [3.63, 3.8) is 0 Å². The van der Waals surface area contributed by atoms with Gasteiger partial charge in [0.25, 0.3) is 10.1 Å². The molecule has 0 aromatic heterocycles. The second kappa shape index (κ2) is 18.5. The Kier molecular flexibility index (Phi) is 14.1. The highest BCUT2D eigenvalue weighted by atomic mass is 32.2. The minimum Gasteiger partial charge on any atom is -0.449 e. The molecule has 3 aromatic carbocycles. The summed E-state index contributed by atoms with van der Waals surface area (Å²) in [4.78, 5) is 51.5. The zero-order chi connectivity index (χ0) is 37.8. The molecule has 1 aliphatic carbocycles. The third-order valence-corrected chi connectivity index (χ3v) is 9.72. The number of fused-ring (bicyclic) bond motifs is 3. The molecule has 0 saturated heterocycles. The van der Waals surface area contributed by atoms with Crippen LogP contribution >= 0.6 is 0 Å². The Hall–Kier alpha value is -4.99. The number of rotatable bonds is 18. The largest absolute Gasteiger partial charge is 0.449 e. The molecule has 0 bridgehead atoms. The van der Waals surface area contributed by atoms with E-state index in [1.54, 1.807) is 32.0 Å². The first-order valence-corrected chi connectivity index (χ1v) is 18.8. The average Bonchev–Trinajstić information content (AvgIpc) is 3.41. The van der Waals surface area contributed by atoms with Crippen LogP contribution in [0.5, 0.6) is 0 Å². The Bertz CT molecular complexity index is 1800. The van der Waals surface area contributed by atoms with Gasteiger partial charge >= 0.3 is 12.1 Å². The zero-order valence-corrected chi connectivity index (χ0v) is 30.1. The van der Waals surface area contributed by atoms with Crippen LogP contribution in [0.25, 0.3) is 11.1 Å². The number of alkyl carbamates (subject to hydrolysis) is 1. The van der Waals surface area contributed by atoms with E-state index in [0.29, 0.717) is 29.7 Å². The third-order valence-electron chi connectivity index (χ3n) is 8.91. The zero-order valence-electron chi connectivity index (χ0n) is 29.3. The van der Waals surface area contributed by atoms with E-state index in [1.165, 1.54) is 0 Å². The maximum Gasteiger partial charge on any atom is 0.407 e. The molecule has 15 heteroatoms. The van der Waals surface area contributed by atoms with E-state index in [-0.39, 0.29) is 50.9 Å². The van der Waals surface area contributed by atoms with E-state index in [1.807, 2.05) is 48.5 Å². The van der Waals surface area contributed by atoms with Gasteiger partial charge in [-0.25, -0.2) is 9.59 Å². The van der Waals surface area contributed by atoms with Gasteiger partial charge in [0.2, 0.25) is 11.8 Å². The van der Waals surface area contributed by atoms with Crippen LogP contribution < -0.4 is 27.0 Å². The van der Waals surface area contributed by atoms with E-state index in [9.17, 15) is 32.7 Å². The van der Waals surface area contributed by atoms with Crippen molar-refractivity contribution in [1.82, 2.24) is 16.0 Å². The number of nitrogens with two attached hydrogens (primary N) is 1. The van der Waals surface area contributed by atoms with Gasteiger partial charge in [-0.2, -0.15) is 8.42 Å². The van der Waals surface area contributed by atoms with Crippen molar-refractivity contribution in [2.24, 2.45) is 11.7 Å². The summed E-state index contributed by atoms with van der Waals surface area (Å²) in [7, 11) is -4.17. The number of urea groups is 1. The molecule has 14 nitrogen and oxygen atoms in total. The molecule has 280 valence electrons. The molecular formula is C37H47N5O9S. The van der Waals surface area contributed by atoms with Gasteiger partial charge in [0.1, 0.15) is 18.7 Å². The topological polar surface area (TPSA) is 226 Å². The first-order valence-electron chi connectivity index (χ1n) is 17.2. The Balaban J connectivity index is 1.43. The highest BCUT2D eigenvalue weighted by Gasteiger charge is 2.32. The molecule has 0 saturated carbocycles. The number of anilines is 1. The molecule has 52 heavy (non-hydrogen) atoms. The van der Waals surface area contributed by atoms with Gasteiger partial charge in [-0.3, -0.25) is 14.1 Å². The second-order valence-corrected chi connectivity index (χ2v) is 14.6. The number of hydrogen-bond donors (Lipinski definition) is 7. The fourth-order valence-corrected chi connectivity index (χ4v) is 6.79. The van der Waals surface area contributed by atoms with Crippen molar-refractivity contribution in [2.45, 2.75) is 70.6 Å². The van der Waals surface area contributed by atoms with E-state index in [4.69, 9.17) is 15.0 Å². The van der Waals surface area contributed by atoms with Crippen LogP contribution in [0.3, 0.4) is 0 Å². The summed E-state index contributed by atoms with van der Waals surface area (Å²) < 4.78 is 37.1. The number of benzene rings is 3. The maximum atomic E-state index is 13.7. The molecule has 1 aliphatic rings. The van der Waals surface area contributed by atoms with Gasteiger partial charge in [-0.15, -0.1) is 0 Å². The van der Waals surface area contributed by atoms with Gasteiger partial charge < -0.3 is 36.8 Å². The molecule has 0 heterocycles. The molecule has 0 unspecified atom stereocenters. The quantitative estimate of drug-likeness (QED) is 0.0743. The van der Waals surface area contributed by atoms with Crippen LogP contribution in [0.15, 0.2) is 66.7 Å². The molecule has 4 rings (SSSR count). The van der Waals surface area contributed by atoms with Crippen molar-refractivity contribution in [3.8, 4) is 11.1 Å². The summed E-state index contributed by atoms with van der Waals surface area (Å²) in [5, 5.41) is 20.5. The van der Waals surface area contributed by atoms with Crippen LogP contribution in [0.1, 0.15) is 67.7 Å². The Morgan fingerprint density at radius 3 is 2.12 bits per heavy atom. The molecule has 5 amide bonds. The molecular weight excluding hydrogens is 691 g/mol. The monoisotopic (exact) mass is 737 g/mol. The summed E-state index contributed by atoms with van der Waals surface area (Å²) >= 11 is 0. The number of ether oxygens (including phenoxy) is 1. The number of amides is 5. The lowest BCUT2D eigenvalue weighted by Crippen LogP contribution is -2.54. The predicted octanol–water partition coefficient (Wildman–Crippen LogP) is 3.82. The van der Waals surface area contributed by atoms with Gasteiger partial charge in [-0.05, 0) is 83.5 Å². The normalized spacial score (nSPS) is 13.4. The summed E-state index contributed by atoms with van der Waals surface area (Å²) in [6.45, 7) is 3.52. The van der Waals surface area contributed by atoms with Gasteiger partial charge in [0.05, 0.1) is 12.4 Å². The molecule has 3 aromatic rings. The van der Waals surface area contributed by atoms with E-state index < -0.39 is 51.9 Å². The number of hydrogen-bond acceptors (Lipinski definition) is 8. The number of primary amides is 1. The number of aryl methyl sites for hydroxylation is 1. The lowest BCUT2D eigenvalue weighted by molar-refractivity contribution is -0.128. The number of carbonyl (C=O) groups is 4. The summed E-state index contributed by atoms with van der Waals surface area (Å²) in [5.41, 5.74) is 10.9. The molecule has 2 atom stereocenters. The number of aliphatic hydroxyl groups excluding tert-OH is 1. The first kappa shape index (κ1) is 39.8. The van der Waals surface area contributed by atoms with Crippen LogP contribution in [-0.2, 0) is 37.5 Å². The average molecular weight is 738 g/mol. The van der Waals surface area contributed by atoms with Gasteiger partial charge in [-0.1, -0.05) is 68.4 Å². The summed E-state index contributed by atoms with van der Waals surface area (Å²) in [6, 6.07) is 17.9. The number of nitrogens with one attached hydrogen (secondary N) is 4. The van der Waals surface area contributed by atoms with Crippen LogP contribution in [0.2, 0.25) is 0 Å². The smallest absolute Gasteiger partial charge is 0.407 e. The lowest BCUT2D eigenvalue weighted by atomic mass is 9.98. The Labute approximate surface area is 303 Å². The van der Waals surface area contributed by atoms with Crippen molar-refractivity contribution in [3.05, 3.63) is 89.0 Å². The van der Waals surface area contributed by atoms with Gasteiger partial charge in [0.15, 0.2) is 0 Å². The van der Waals surface area contributed by atoms with Crippen molar-refractivity contribution in [2.75, 3.05) is 24.2 Å². The van der Waals surface area contributed by atoms with Crippen LogP contribution in [0, 0.1) is 5.92 Å². The number of carbonyl (C=O) groups excluding carboxylic acids is 4. The molecule has 0 aliphatic heterocycles. The standard InChI is InChI=1S/C37H47N5O9S/c1-23(2)33(42-37(47)51-22-31-29-13-5-3-11-27(29)28-12-4-6-14-30(28)31)35(45)41-32(15-7-8-18-39-36(38)46)34(44)40-26-17-16-25(21-43)24(20-26)10-9-19-52(48,49)50/h3-6,11-14,16-17,20,23,31-33,43H,7-10,15,18-19,21-22H2,1-2H3,(H,40,44)(H,41,45)(H,42,47)(H3,38,39,46)(H,48,49,50)/t32-,33-/m0/s1. The predicted molar refractivity (Wildman–Crippen MR) is 196 cm³/mol. The third kappa shape index (κ3) is 11.3. The number of aliphatic hydroxyl groups is 1. The maximum absolute atomic E-state index is 13.7. The minimum atomic E-state index is -4.17. The second-order valence-electron chi connectivity index (χ2n) is 13.1. The van der Waals surface area contributed by atoms with Gasteiger partial charge in [0, 0.05) is 18.2 Å². The molecule has 0 fully saturated rings. The molecule has 8 N–H and O–H groups in total. The SMILES string of the molecule is CC(C)[C@H](NC(=O)OCC1c2ccccc2-c2ccccc21)C(=O)N[C@@H](CCCCNC(N)=O)C(=O)Nc1ccc(CO)c(CCCS(=O)(=O)O)c1. The fraction of sp³-hybridized carbons (Fsp3) is 0.405. The molecule has 0 spiro atoms. The van der Waals surface area contributed by atoms with Crippen molar-refractivity contribution in [1.29, 1.82) is 0 Å². The summed E-state index contributed by atoms with van der Waals surface area (Å²) in [5.74, 6) is -2.16. The van der Waals surface area contributed by atoms with E-state index in [2.05, 4.69) is 21.3 Å². The highest BCUT2D eigenvalue weighted by Crippen LogP contribution is 2.44. The lowest BCUT2D eigenvalue weighted by Gasteiger charge is -2.25. The van der Waals surface area contributed by atoms with Crippen molar-refractivity contribution < 1.29 is 42.0 Å². The highest BCUT2D eigenvalue weighted by molar-refractivity contribution is 7.85. The van der Waals surface area contributed by atoms with E-state index in [0.717, 1.165) is 22.3 Å². The Morgan fingerprint density at radius 2 is 1.52 bits per heavy atom. The number of unbranched alkanes of at least 4 members (excludes halogenated alkanes) is 1. The minimum absolute atomic E-state index is 0.0591. The van der Waals surface area contributed by atoms with Crippen LogP contribution in [0.4, 0.5) is 15.3 Å². The fourth-order valence-electron chi connectivity index (χ4n) is 6.28. The van der Waals surface area contributed by atoms with Crippen molar-refractivity contribution >= 4 is 39.7 Å². The molecule has 0 radical (unpaired) electrons. The van der Waals surface area contributed by atoms with Crippen LogP contribution in [-0.4, -0.2) is 73.0 Å². The first-order chi connectivity index (χ1) is 24.8. The van der Waals surface area contributed by atoms with E-state index >= 15 is 0 Å². The summed E-state index contributed by atoms with van der Waals surface area (Å²) in [6.07, 6.45) is 0.606. The Morgan fingerprint density at radius 1 is 0.865 bits per heavy atom.